The number of nitrogens with zero attached hydrogens (tertiary/aromatic N) is 3. The Morgan fingerprint density at radius 2 is 2.12 bits per heavy atom. The summed E-state index contributed by atoms with van der Waals surface area (Å²) in [6.45, 7) is 3.81. The van der Waals surface area contributed by atoms with E-state index in [4.69, 9.17) is 0 Å². The van der Waals surface area contributed by atoms with Crippen LogP contribution in [0.15, 0.2) is 36.4 Å². The molecular weight excluding hydrogens is 304 g/mol. The minimum atomic E-state index is -0.338. The predicted molar refractivity (Wildman–Crippen MR) is 91.5 cm³/mol. The zero-order valence-electron chi connectivity index (χ0n) is 14.1. The number of hydrogen-bond donors (Lipinski definition) is 2. The maximum absolute atomic E-state index is 12.3. The van der Waals surface area contributed by atoms with Crippen LogP contribution >= 0.6 is 0 Å². The Morgan fingerprint density at radius 1 is 1.38 bits per heavy atom. The topological polar surface area (TPSA) is 70.4 Å². The highest BCUT2D eigenvalue weighted by Gasteiger charge is 2.31. The molecule has 6 nitrogen and oxygen atoms in total. The molecule has 0 aliphatic carbocycles. The van der Waals surface area contributed by atoms with E-state index in [1.807, 2.05) is 25.1 Å². The number of benzene rings is 1. The third-order valence-electron chi connectivity index (χ3n) is 4.47. The van der Waals surface area contributed by atoms with Gasteiger partial charge in [-0.05, 0) is 25.0 Å². The van der Waals surface area contributed by atoms with Gasteiger partial charge >= 0.3 is 0 Å². The van der Waals surface area contributed by atoms with Gasteiger partial charge in [-0.15, -0.1) is 0 Å². The highest BCUT2D eigenvalue weighted by atomic mass is 16.3. The second kappa shape index (κ2) is 7.15. The van der Waals surface area contributed by atoms with Gasteiger partial charge in [0, 0.05) is 32.7 Å². The van der Waals surface area contributed by atoms with E-state index in [9.17, 15) is 9.90 Å². The van der Waals surface area contributed by atoms with E-state index in [-0.39, 0.29) is 18.1 Å². The van der Waals surface area contributed by atoms with Crippen LogP contribution < -0.4 is 5.32 Å². The van der Waals surface area contributed by atoms with Crippen molar-refractivity contribution in [1.29, 1.82) is 0 Å². The zero-order chi connectivity index (χ0) is 17.1. The molecule has 0 spiro atoms. The maximum atomic E-state index is 12.3. The molecule has 0 bridgehead atoms. The molecule has 1 amide bonds. The number of β-amino-alcohol motifs (C(OH)–C–C–N with tert-alkyl or cyclic N) is 1. The summed E-state index contributed by atoms with van der Waals surface area (Å²) < 4.78 is 1.59. The van der Waals surface area contributed by atoms with E-state index < -0.39 is 0 Å². The van der Waals surface area contributed by atoms with Crippen LogP contribution in [0.2, 0.25) is 0 Å². The van der Waals surface area contributed by atoms with Crippen LogP contribution in [0, 0.1) is 6.92 Å². The number of likely N-dealkylation sites (tertiary alicyclic amines) is 1. The van der Waals surface area contributed by atoms with Gasteiger partial charge in [0.15, 0.2) is 0 Å². The van der Waals surface area contributed by atoms with Gasteiger partial charge in [-0.25, -0.2) is 0 Å². The zero-order valence-corrected chi connectivity index (χ0v) is 14.1. The van der Waals surface area contributed by atoms with Gasteiger partial charge in [0.1, 0.15) is 5.69 Å². The maximum Gasteiger partial charge on any atom is 0.269 e. The highest BCUT2D eigenvalue weighted by Crippen LogP contribution is 2.20. The SMILES string of the molecule is Cc1cc(C(=O)NC[C@H]2C[C@H](O)CN2Cc2ccccc2)n(C)n1. The molecule has 2 atom stereocenters. The summed E-state index contributed by atoms with van der Waals surface area (Å²) in [7, 11) is 1.77. The van der Waals surface area contributed by atoms with Crippen LogP contribution in [0.1, 0.15) is 28.2 Å². The Labute approximate surface area is 142 Å². The van der Waals surface area contributed by atoms with Crippen molar-refractivity contribution in [2.75, 3.05) is 13.1 Å². The van der Waals surface area contributed by atoms with Crippen molar-refractivity contribution in [3.8, 4) is 0 Å². The molecule has 6 heteroatoms. The van der Waals surface area contributed by atoms with Gasteiger partial charge in [0.25, 0.3) is 5.91 Å². The Balaban J connectivity index is 1.60. The highest BCUT2D eigenvalue weighted by molar-refractivity contribution is 5.92. The molecule has 1 fully saturated rings. The van der Waals surface area contributed by atoms with Crippen LogP contribution in [0.4, 0.5) is 0 Å². The van der Waals surface area contributed by atoms with Gasteiger partial charge in [0.05, 0.1) is 11.8 Å². The number of amides is 1. The first-order chi connectivity index (χ1) is 11.5. The first kappa shape index (κ1) is 16.7. The third kappa shape index (κ3) is 3.83. The quantitative estimate of drug-likeness (QED) is 0.862. The molecule has 2 aromatic rings. The molecule has 24 heavy (non-hydrogen) atoms. The summed E-state index contributed by atoms with van der Waals surface area (Å²) in [4.78, 5) is 14.6. The number of rotatable bonds is 5. The molecule has 1 aromatic carbocycles. The lowest BCUT2D eigenvalue weighted by molar-refractivity contribution is 0.0930. The first-order valence-corrected chi connectivity index (χ1v) is 8.28. The van der Waals surface area contributed by atoms with E-state index >= 15 is 0 Å². The van der Waals surface area contributed by atoms with Crippen LogP contribution in [0.3, 0.4) is 0 Å². The van der Waals surface area contributed by atoms with Crippen LogP contribution in [0.25, 0.3) is 0 Å². The molecule has 0 radical (unpaired) electrons. The smallest absolute Gasteiger partial charge is 0.269 e. The van der Waals surface area contributed by atoms with Gasteiger partial charge in [0.2, 0.25) is 0 Å². The fraction of sp³-hybridized carbons (Fsp3) is 0.444. The minimum absolute atomic E-state index is 0.126. The average molecular weight is 328 g/mol. The largest absolute Gasteiger partial charge is 0.392 e. The van der Waals surface area contributed by atoms with E-state index in [0.717, 1.165) is 12.2 Å². The summed E-state index contributed by atoms with van der Waals surface area (Å²) in [6.07, 6.45) is 0.340. The number of aliphatic hydroxyl groups excluding tert-OH is 1. The van der Waals surface area contributed by atoms with Gasteiger partial charge in [-0.2, -0.15) is 5.10 Å². The number of hydrogen-bond acceptors (Lipinski definition) is 4. The number of nitrogens with one attached hydrogen (secondary N) is 1. The summed E-state index contributed by atoms with van der Waals surface area (Å²) in [6, 6.07) is 12.1. The third-order valence-corrected chi connectivity index (χ3v) is 4.47. The van der Waals surface area contributed by atoms with Crippen LogP contribution in [-0.2, 0) is 13.6 Å². The Kier molecular flexibility index (Phi) is 4.97. The lowest BCUT2D eigenvalue weighted by Gasteiger charge is -2.24. The van der Waals surface area contributed by atoms with E-state index in [1.54, 1.807) is 17.8 Å². The number of carbonyl (C=O) groups excluding carboxylic acids is 1. The van der Waals surface area contributed by atoms with Crippen LogP contribution in [-0.4, -0.2) is 50.9 Å². The predicted octanol–water partition coefficient (Wildman–Crippen LogP) is 1.09. The fourth-order valence-corrected chi connectivity index (χ4v) is 3.31. The second-order valence-electron chi connectivity index (χ2n) is 6.46. The molecule has 1 aliphatic heterocycles. The fourth-order valence-electron chi connectivity index (χ4n) is 3.31. The summed E-state index contributed by atoms with van der Waals surface area (Å²) in [5, 5.41) is 17.2. The molecule has 1 saturated heterocycles. The Morgan fingerprint density at radius 3 is 2.79 bits per heavy atom. The summed E-state index contributed by atoms with van der Waals surface area (Å²) >= 11 is 0. The minimum Gasteiger partial charge on any atom is -0.392 e. The van der Waals surface area contributed by atoms with Gasteiger partial charge in [-0.1, -0.05) is 30.3 Å². The van der Waals surface area contributed by atoms with Crippen molar-refractivity contribution < 1.29 is 9.90 Å². The monoisotopic (exact) mass is 328 g/mol. The summed E-state index contributed by atoms with van der Waals surface area (Å²) in [5.41, 5.74) is 2.59. The van der Waals surface area contributed by atoms with Gasteiger partial charge < -0.3 is 10.4 Å². The average Bonchev–Trinajstić information content (AvgIpc) is 3.07. The van der Waals surface area contributed by atoms with E-state index in [0.29, 0.717) is 25.2 Å². The molecule has 2 N–H and O–H groups in total. The standard InChI is InChI=1S/C18H24N4O2/c1-13-8-17(21(2)20-13)18(24)19-10-15-9-16(23)12-22(15)11-14-6-4-3-5-7-14/h3-8,15-16,23H,9-12H2,1-2H3,(H,19,24)/t15-,16+/m1/s1. The summed E-state index contributed by atoms with van der Waals surface area (Å²) in [5.74, 6) is -0.126. The molecule has 3 rings (SSSR count). The molecule has 0 unspecified atom stereocenters. The number of aromatic nitrogens is 2. The van der Waals surface area contributed by atoms with Crippen LogP contribution in [0.5, 0.6) is 0 Å². The van der Waals surface area contributed by atoms with Crippen molar-refractivity contribution in [3.05, 3.63) is 53.3 Å². The molecule has 0 saturated carbocycles. The van der Waals surface area contributed by atoms with Crippen molar-refractivity contribution in [2.45, 2.75) is 32.0 Å². The van der Waals surface area contributed by atoms with Gasteiger partial charge in [-0.3, -0.25) is 14.4 Å². The normalized spacial score (nSPS) is 21.1. The van der Waals surface area contributed by atoms with Crippen molar-refractivity contribution >= 4 is 5.91 Å². The lowest BCUT2D eigenvalue weighted by atomic mass is 10.1. The van der Waals surface area contributed by atoms with Crippen molar-refractivity contribution in [3.63, 3.8) is 0 Å². The van der Waals surface area contributed by atoms with Crippen molar-refractivity contribution in [1.82, 2.24) is 20.0 Å². The number of carbonyl (C=O) groups is 1. The van der Waals surface area contributed by atoms with Crippen molar-refractivity contribution in [2.24, 2.45) is 7.05 Å². The van der Waals surface area contributed by atoms with E-state index in [1.165, 1.54) is 5.56 Å². The first-order valence-electron chi connectivity index (χ1n) is 8.28. The Bertz CT molecular complexity index is 698. The molecule has 128 valence electrons. The van der Waals surface area contributed by atoms with E-state index in [2.05, 4.69) is 27.4 Å². The number of aryl methyl sites for hydroxylation is 2. The molecule has 1 aromatic heterocycles. The molecule has 1 aliphatic rings. The lowest BCUT2D eigenvalue weighted by Crippen LogP contribution is -2.40. The molecular formula is C18H24N4O2. The molecule has 2 heterocycles. The number of aliphatic hydroxyl groups is 1. The Hall–Kier alpha value is -2.18. The second-order valence-corrected chi connectivity index (χ2v) is 6.46.